The average molecular weight is 178 g/mol. The van der Waals surface area contributed by atoms with Crippen LogP contribution in [0.15, 0.2) is 6.33 Å². The van der Waals surface area contributed by atoms with Crippen molar-refractivity contribution in [2.75, 3.05) is 7.05 Å². The lowest BCUT2D eigenvalue weighted by atomic mass is 10.1. The number of hydrogen-bond acceptors (Lipinski definition) is 3. The van der Waals surface area contributed by atoms with E-state index in [0.29, 0.717) is 6.54 Å². The van der Waals surface area contributed by atoms with Gasteiger partial charge in [0.25, 0.3) is 0 Å². The molecule has 0 saturated heterocycles. The van der Waals surface area contributed by atoms with Gasteiger partial charge in [0.05, 0.1) is 12.1 Å². The number of aromatic amines is 1. The molecule has 0 bridgehead atoms. The van der Waals surface area contributed by atoms with Crippen LogP contribution in [0.25, 0.3) is 0 Å². The van der Waals surface area contributed by atoms with Gasteiger partial charge < -0.3 is 0 Å². The lowest BCUT2D eigenvalue weighted by Crippen LogP contribution is -2.39. The SMILES string of the molecule is C#CC(C)(C)N(C)Cc1ncn[nH]1. The Morgan fingerprint density at radius 2 is 2.38 bits per heavy atom. The van der Waals surface area contributed by atoms with Crippen molar-refractivity contribution in [1.29, 1.82) is 0 Å². The van der Waals surface area contributed by atoms with E-state index in [9.17, 15) is 0 Å². The third-order valence-electron chi connectivity index (χ3n) is 2.16. The van der Waals surface area contributed by atoms with Crippen LogP contribution >= 0.6 is 0 Å². The van der Waals surface area contributed by atoms with Crippen molar-refractivity contribution in [2.24, 2.45) is 0 Å². The zero-order valence-electron chi connectivity index (χ0n) is 8.20. The number of aromatic nitrogens is 3. The van der Waals surface area contributed by atoms with Crippen LogP contribution in [-0.4, -0.2) is 32.7 Å². The highest BCUT2D eigenvalue weighted by molar-refractivity contribution is 5.08. The molecule has 1 rings (SSSR count). The molecular weight excluding hydrogens is 164 g/mol. The summed E-state index contributed by atoms with van der Waals surface area (Å²) in [6, 6.07) is 0. The van der Waals surface area contributed by atoms with E-state index < -0.39 is 0 Å². The molecule has 0 amide bonds. The van der Waals surface area contributed by atoms with Crippen molar-refractivity contribution < 1.29 is 0 Å². The molecule has 13 heavy (non-hydrogen) atoms. The Kier molecular flexibility index (Phi) is 2.69. The molecule has 0 unspecified atom stereocenters. The summed E-state index contributed by atoms with van der Waals surface area (Å²) in [5.74, 6) is 3.54. The van der Waals surface area contributed by atoms with Gasteiger partial charge in [0.15, 0.2) is 0 Å². The van der Waals surface area contributed by atoms with Crippen LogP contribution < -0.4 is 0 Å². The quantitative estimate of drug-likeness (QED) is 0.691. The number of H-pyrrole nitrogens is 1. The second-order valence-corrected chi connectivity index (χ2v) is 3.49. The summed E-state index contributed by atoms with van der Waals surface area (Å²) < 4.78 is 0. The van der Waals surface area contributed by atoms with Crippen molar-refractivity contribution in [3.63, 3.8) is 0 Å². The van der Waals surface area contributed by atoms with Crippen molar-refractivity contribution in [2.45, 2.75) is 25.9 Å². The van der Waals surface area contributed by atoms with Crippen LogP contribution in [0.4, 0.5) is 0 Å². The summed E-state index contributed by atoms with van der Waals surface area (Å²) in [5, 5.41) is 6.56. The van der Waals surface area contributed by atoms with Gasteiger partial charge in [0.2, 0.25) is 0 Å². The van der Waals surface area contributed by atoms with Crippen molar-refractivity contribution in [3.8, 4) is 12.3 Å². The van der Waals surface area contributed by atoms with E-state index in [1.165, 1.54) is 6.33 Å². The zero-order valence-corrected chi connectivity index (χ0v) is 8.20. The molecule has 0 spiro atoms. The van der Waals surface area contributed by atoms with Gasteiger partial charge in [-0.1, -0.05) is 5.92 Å². The zero-order chi connectivity index (χ0) is 9.90. The molecule has 0 saturated carbocycles. The minimum absolute atomic E-state index is 0.257. The van der Waals surface area contributed by atoms with Gasteiger partial charge in [0.1, 0.15) is 12.2 Å². The molecule has 1 aromatic heterocycles. The maximum absolute atomic E-state index is 5.40. The highest BCUT2D eigenvalue weighted by Gasteiger charge is 2.20. The first-order valence-corrected chi connectivity index (χ1v) is 4.09. The van der Waals surface area contributed by atoms with Crippen molar-refractivity contribution >= 4 is 0 Å². The van der Waals surface area contributed by atoms with Crippen molar-refractivity contribution in [3.05, 3.63) is 12.2 Å². The van der Waals surface area contributed by atoms with E-state index in [1.54, 1.807) is 0 Å². The van der Waals surface area contributed by atoms with Gasteiger partial charge in [-0.25, -0.2) is 4.98 Å². The smallest absolute Gasteiger partial charge is 0.138 e. The Morgan fingerprint density at radius 1 is 1.69 bits per heavy atom. The van der Waals surface area contributed by atoms with E-state index in [-0.39, 0.29) is 5.54 Å². The standard InChI is InChI=1S/C9H14N4/c1-5-9(2,3)13(4)6-8-10-7-11-12-8/h1,7H,6H2,2-4H3,(H,10,11,12). The van der Waals surface area contributed by atoms with E-state index in [2.05, 4.69) is 21.1 Å². The second-order valence-electron chi connectivity index (χ2n) is 3.49. The Morgan fingerprint density at radius 3 is 2.85 bits per heavy atom. The molecule has 4 nitrogen and oxygen atoms in total. The lowest BCUT2D eigenvalue weighted by molar-refractivity contribution is 0.200. The van der Waals surface area contributed by atoms with Gasteiger partial charge in [-0.2, -0.15) is 5.10 Å². The molecule has 1 N–H and O–H groups in total. The molecule has 1 aromatic rings. The van der Waals surface area contributed by atoms with Crippen LogP contribution in [0.5, 0.6) is 0 Å². The van der Waals surface area contributed by atoms with E-state index in [0.717, 1.165) is 5.82 Å². The Hall–Kier alpha value is -1.34. The van der Waals surface area contributed by atoms with E-state index >= 15 is 0 Å². The molecule has 4 heteroatoms. The summed E-state index contributed by atoms with van der Waals surface area (Å²) in [6.45, 7) is 4.66. The molecule has 0 aliphatic heterocycles. The van der Waals surface area contributed by atoms with Crippen LogP contribution in [0.3, 0.4) is 0 Å². The van der Waals surface area contributed by atoms with Crippen LogP contribution in [0, 0.1) is 12.3 Å². The fourth-order valence-corrected chi connectivity index (χ4v) is 0.839. The fourth-order valence-electron chi connectivity index (χ4n) is 0.839. The normalized spacial score (nSPS) is 11.6. The Labute approximate surface area is 78.4 Å². The van der Waals surface area contributed by atoms with Gasteiger partial charge in [-0.3, -0.25) is 10.00 Å². The van der Waals surface area contributed by atoms with E-state index in [4.69, 9.17) is 6.42 Å². The molecule has 1 heterocycles. The second kappa shape index (κ2) is 3.58. The summed E-state index contributed by atoms with van der Waals surface area (Å²) in [4.78, 5) is 6.06. The maximum Gasteiger partial charge on any atom is 0.138 e. The summed E-state index contributed by atoms with van der Waals surface area (Å²) in [7, 11) is 1.96. The predicted molar refractivity (Wildman–Crippen MR) is 50.8 cm³/mol. The molecule has 0 atom stereocenters. The van der Waals surface area contributed by atoms with Crippen molar-refractivity contribution in [1.82, 2.24) is 20.1 Å². The summed E-state index contributed by atoms with van der Waals surface area (Å²) in [5.41, 5.74) is -0.257. The monoisotopic (exact) mass is 178 g/mol. The first kappa shape index (κ1) is 9.75. The van der Waals surface area contributed by atoms with Crippen LogP contribution in [-0.2, 0) is 6.54 Å². The average Bonchev–Trinajstić information content (AvgIpc) is 2.57. The van der Waals surface area contributed by atoms with Crippen LogP contribution in [0.1, 0.15) is 19.7 Å². The van der Waals surface area contributed by atoms with Gasteiger partial charge in [-0.05, 0) is 20.9 Å². The fraction of sp³-hybridized carbons (Fsp3) is 0.556. The molecule has 0 aliphatic rings. The molecule has 70 valence electrons. The van der Waals surface area contributed by atoms with E-state index in [1.807, 2.05) is 25.8 Å². The first-order chi connectivity index (χ1) is 6.06. The largest absolute Gasteiger partial charge is 0.283 e. The highest BCUT2D eigenvalue weighted by Crippen LogP contribution is 2.12. The number of nitrogens with one attached hydrogen (secondary N) is 1. The van der Waals surface area contributed by atoms with Gasteiger partial charge in [0, 0.05) is 0 Å². The number of hydrogen-bond donors (Lipinski definition) is 1. The number of nitrogens with zero attached hydrogens (tertiary/aromatic N) is 3. The summed E-state index contributed by atoms with van der Waals surface area (Å²) in [6.07, 6.45) is 6.89. The van der Waals surface area contributed by atoms with Gasteiger partial charge >= 0.3 is 0 Å². The number of terminal acetylenes is 1. The molecular formula is C9H14N4. The van der Waals surface area contributed by atoms with Crippen LogP contribution in [0.2, 0.25) is 0 Å². The maximum atomic E-state index is 5.40. The lowest BCUT2D eigenvalue weighted by Gasteiger charge is -2.29. The Bertz CT molecular complexity index is 294. The predicted octanol–water partition coefficient (Wildman–Crippen LogP) is 0.648. The molecule has 0 aromatic carbocycles. The summed E-state index contributed by atoms with van der Waals surface area (Å²) >= 11 is 0. The highest BCUT2D eigenvalue weighted by atomic mass is 15.2. The minimum Gasteiger partial charge on any atom is -0.283 e. The first-order valence-electron chi connectivity index (χ1n) is 4.09. The minimum atomic E-state index is -0.257. The Balaban J connectivity index is 2.62. The van der Waals surface area contributed by atoms with Gasteiger partial charge in [-0.15, -0.1) is 6.42 Å². The third-order valence-corrected chi connectivity index (χ3v) is 2.16. The third kappa shape index (κ3) is 2.30. The topological polar surface area (TPSA) is 44.8 Å². The molecule has 0 aliphatic carbocycles. The molecule has 0 radical (unpaired) electrons. The number of rotatable bonds is 3. The molecule has 0 fully saturated rings.